The van der Waals surface area contributed by atoms with Gasteiger partial charge in [-0.25, -0.2) is 0 Å². The molecule has 1 atom stereocenters. The van der Waals surface area contributed by atoms with Crippen LogP contribution in [0.1, 0.15) is 22.9 Å². The van der Waals surface area contributed by atoms with Crippen molar-refractivity contribution in [3.63, 3.8) is 0 Å². The number of carbonyl (C=O) groups is 1. The van der Waals surface area contributed by atoms with Gasteiger partial charge in [0.1, 0.15) is 0 Å². The minimum absolute atomic E-state index is 0.393. The third-order valence-corrected chi connectivity index (χ3v) is 5.24. The van der Waals surface area contributed by atoms with Gasteiger partial charge in [0.05, 0.1) is 11.3 Å². The Morgan fingerprint density at radius 2 is 1.48 bits per heavy atom. The predicted octanol–water partition coefficient (Wildman–Crippen LogP) is 4.71. The predicted molar refractivity (Wildman–Crippen MR) is 120 cm³/mol. The van der Waals surface area contributed by atoms with Gasteiger partial charge in [-0.1, -0.05) is 90.1 Å². The third kappa shape index (κ3) is 4.73. The lowest BCUT2D eigenvalue weighted by molar-refractivity contribution is -0.129. The Hall–Kier alpha value is -3.70. The van der Waals surface area contributed by atoms with Crippen LogP contribution in [-0.4, -0.2) is 22.7 Å². The molecule has 5 nitrogen and oxygen atoms in total. The quantitative estimate of drug-likeness (QED) is 0.461. The van der Waals surface area contributed by atoms with E-state index in [0.717, 1.165) is 22.3 Å². The molecule has 0 radical (unpaired) electrons. The molecule has 3 aromatic carbocycles. The number of carbonyl (C=O) groups excluding carboxylic acids is 1. The Bertz CT molecular complexity index is 1140. The third-order valence-electron chi connectivity index (χ3n) is 5.24. The molecule has 1 unspecified atom stereocenters. The molecule has 0 aliphatic rings. The van der Waals surface area contributed by atoms with Crippen molar-refractivity contribution in [3.8, 4) is 22.5 Å². The fourth-order valence-corrected chi connectivity index (χ4v) is 3.55. The number of hydrogen-bond donors (Lipinski definition) is 2. The number of nitrogens with zero attached hydrogens (tertiary/aromatic N) is 1. The van der Waals surface area contributed by atoms with Crippen LogP contribution in [0, 0.1) is 6.92 Å². The molecule has 1 aromatic heterocycles. The zero-order valence-electron chi connectivity index (χ0n) is 17.3. The Labute approximate surface area is 181 Å². The number of aliphatic hydroxyl groups excluding tert-OH is 1. The number of amides is 1. The van der Waals surface area contributed by atoms with Crippen LogP contribution in [-0.2, 0) is 11.2 Å². The standard InChI is InChI=1S/C26H24N2O3/c1-18-23(24(29)26(30)27-17-16-19-8-4-2-5-9-19)25(31-28-18)22-14-12-21(13-15-22)20-10-6-3-7-11-20/h2-15,24,29H,16-17H2,1H3,(H,27,30). The van der Waals surface area contributed by atoms with Crippen molar-refractivity contribution in [2.24, 2.45) is 0 Å². The van der Waals surface area contributed by atoms with Gasteiger partial charge < -0.3 is 14.9 Å². The summed E-state index contributed by atoms with van der Waals surface area (Å²) in [6.45, 7) is 2.16. The average molecular weight is 412 g/mol. The highest BCUT2D eigenvalue weighted by atomic mass is 16.5. The van der Waals surface area contributed by atoms with E-state index in [0.29, 0.717) is 30.0 Å². The first kappa shape index (κ1) is 20.6. The Morgan fingerprint density at radius 3 is 2.16 bits per heavy atom. The van der Waals surface area contributed by atoms with E-state index in [1.807, 2.05) is 84.9 Å². The number of benzene rings is 3. The first-order valence-electron chi connectivity index (χ1n) is 10.2. The number of nitrogens with one attached hydrogen (secondary N) is 1. The van der Waals surface area contributed by atoms with E-state index < -0.39 is 12.0 Å². The first-order chi connectivity index (χ1) is 15.1. The highest BCUT2D eigenvalue weighted by molar-refractivity contribution is 5.84. The monoisotopic (exact) mass is 412 g/mol. The Balaban J connectivity index is 1.48. The van der Waals surface area contributed by atoms with Crippen LogP contribution in [0.3, 0.4) is 0 Å². The van der Waals surface area contributed by atoms with Crippen molar-refractivity contribution in [3.05, 3.63) is 102 Å². The van der Waals surface area contributed by atoms with E-state index in [9.17, 15) is 9.90 Å². The maximum absolute atomic E-state index is 12.6. The molecule has 5 heteroatoms. The molecule has 1 amide bonds. The van der Waals surface area contributed by atoms with Crippen LogP contribution in [0.25, 0.3) is 22.5 Å². The van der Waals surface area contributed by atoms with Gasteiger partial charge in [-0.2, -0.15) is 0 Å². The van der Waals surface area contributed by atoms with E-state index in [1.165, 1.54) is 0 Å². The fraction of sp³-hybridized carbons (Fsp3) is 0.154. The Kier molecular flexibility index (Phi) is 6.24. The summed E-state index contributed by atoms with van der Waals surface area (Å²) in [7, 11) is 0. The van der Waals surface area contributed by atoms with E-state index in [1.54, 1.807) is 6.92 Å². The molecule has 156 valence electrons. The molecule has 4 aromatic rings. The zero-order chi connectivity index (χ0) is 21.6. The Morgan fingerprint density at radius 1 is 0.903 bits per heavy atom. The minimum atomic E-state index is -1.36. The summed E-state index contributed by atoms with van der Waals surface area (Å²) in [6, 6.07) is 27.7. The van der Waals surface area contributed by atoms with Crippen molar-refractivity contribution < 1.29 is 14.4 Å². The molecule has 0 fully saturated rings. The first-order valence-corrected chi connectivity index (χ1v) is 10.2. The van der Waals surface area contributed by atoms with Gasteiger partial charge in [0.15, 0.2) is 11.9 Å². The zero-order valence-corrected chi connectivity index (χ0v) is 17.3. The molecule has 0 aliphatic heterocycles. The van der Waals surface area contributed by atoms with Crippen LogP contribution < -0.4 is 5.32 Å². The maximum Gasteiger partial charge on any atom is 0.253 e. The minimum Gasteiger partial charge on any atom is -0.378 e. The largest absolute Gasteiger partial charge is 0.378 e. The molecule has 0 aliphatic carbocycles. The van der Waals surface area contributed by atoms with Crippen LogP contribution in [0.5, 0.6) is 0 Å². The highest BCUT2D eigenvalue weighted by Gasteiger charge is 2.27. The van der Waals surface area contributed by atoms with Gasteiger partial charge in [-0.15, -0.1) is 0 Å². The van der Waals surface area contributed by atoms with Gasteiger partial charge in [-0.3, -0.25) is 4.79 Å². The molecule has 0 saturated carbocycles. The number of aliphatic hydroxyl groups is 1. The second-order valence-electron chi connectivity index (χ2n) is 7.38. The van der Waals surface area contributed by atoms with Crippen LogP contribution in [0.4, 0.5) is 0 Å². The van der Waals surface area contributed by atoms with Crippen molar-refractivity contribution in [2.75, 3.05) is 6.54 Å². The summed E-state index contributed by atoms with van der Waals surface area (Å²) < 4.78 is 5.48. The molecule has 4 rings (SSSR count). The van der Waals surface area contributed by atoms with E-state index in [4.69, 9.17) is 4.52 Å². The van der Waals surface area contributed by atoms with Crippen molar-refractivity contribution >= 4 is 5.91 Å². The molecule has 1 heterocycles. The second kappa shape index (κ2) is 9.41. The molecule has 31 heavy (non-hydrogen) atoms. The van der Waals surface area contributed by atoms with Crippen LogP contribution in [0.15, 0.2) is 89.5 Å². The van der Waals surface area contributed by atoms with Crippen LogP contribution in [0.2, 0.25) is 0 Å². The lowest BCUT2D eigenvalue weighted by Crippen LogP contribution is -2.31. The number of aryl methyl sites for hydroxylation is 1. The lowest BCUT2D eigenvalue weighted by atomic mass is 9.99. The molecular weight excluding hydrogens is 388 g/mol. The SMILES string of the molecule is Cc1noc(-c2ccc(-c3ccccc3)cc2)c1C(O)C(=O)NCCc1ccccc1. The number of hydrogen-bond acceptors (Lipinski definition) is 4. The fourth-order valence-electron chi connectivity index (χ4n) is 3.55. The summed E-state index contributed by atoms with van der Waals surface area (Å²) in [6.07, 6.45) is -0.666. The maximum atomic E-state index is 12.6. The average Bonchev–Trinajstić information content (AvgIpc) is 3.21. The van der Waals surface area contributed by atoms with E-state index in [2.05, 4.69) is 10.5 Å². The lowest BCUT2D eigenvalue weighted by Gasteiger charge is -2.12. The molecular formula is C26H24N2O3. The summed E-state index contributed by atoms with van der Waals surface area (Å²) >= 11 is 0. The van der Waals surface area contributed by atoms with Crippen molar-refractivity contribution in [1.29, 1.82) is 0 Å². The highest BCUT2D eigenvalue weighted by Crippen LogP contribution is 2.32. The summed E-state index contributed by atoms with van der Waals surface area (Å²) in [5.74, 6) is -0.0628. The van der Waals surface area contributed by atoms with Gasteiger partial charge in [0, 0.05) is 12.1 Å². The van der Waals surface area contributed by atoms with Gasteiger partial charge in [0.25, 0.3) is 5.91 Å². The van der Waals surface area contributed by atoms with Gasteiger partial charge in [-0.05, 0) is 30.0 Å². The van der Waals surface area contributed by atoms with Crippen molar-refractivity contribution in [1.82, 2.24) is 10.5 Å². The number of aromatic nitrogens is 1. The summed E-state index contributed by atoms with van der Waals surface area (Å²) in [5, 5.41) is 17.5. The number of rotatable bonds is 7. The summed E-state index contributed by atoms with van der Waals surface area (Å²) in [5.41, 5.74) is 4.95. The molecule has 2 N–H and O–H groups in total. The van der Waals surface area contributed by atoms with E-state index in [-0.39, 0.29) is 0 Å². The van der Waals surface area contributed by atoms with Crippen molar-refractivity contribution in [2.45, 2.75) is 19.4 Å². The van der Waals surface area contributed by atoms with Gasteiger partial charge in [0.2, 0.25) is 0 Å². The smallest absolute Gasteiger partial charge is 0.253 e. The molecule has 0 spiro atoms. The topological polar surface area (TPSA) is 75.4 Å². The van der Waals surface area contributed by atoms with Crippen LogP contribution >= 0.6 is 0 Å². The second-order valence-corrected chi connectivity index (χ2v) is 7.38. The van der Waals surface area contributed by atoms with Gasteiger partial charge >= 0.3 is 0 Å². The van der Waals surface area contributed by atoms with E-state index >= 15 is 0 Å². The normalized spacial score (nSPS) is 11.8. The summed E-state index contributed by atoms with van der Waals surface area (Å²) in [4.78, 5) is 12.6. The molecule has 0 saturated heterocycles. The molecule has 0 bridgehead atoms.